The van der Waals surface area contributed by atoms with E-state index in [0.717, 1.165) is 26.6 Å². The fraction of sp³-hybridized carbons (Fsp3) is 0.250. The van der Waals surface area contributed by atoms with Gasteiger partial charge in [-0.25, -0.2) is 4.39 Å². The van der Waals surface area contributed by atoms with Gasteiger partial charge in [-0.3, -0.25) is 0 Å². The van der Waals surface area contributed by atoms with Gasteiger partial charge >= 0.3 is 0 Å². The van der Waals surface area contributed by atoms with Crippen molar-refractivity contribution in [3.05, 3.63) is 62.3 Å². The minimum absolute atomic E-state index is 0.144. The lowest BCUT2D eigenvalue weighted by Crippen LogP contribution is -2.10. The minimum atomic E-state index is -0.207. The smallest absolute Gasteiger partial charge is 0.123 e. The second-order valence-electron chi connectivity index (χ2n) is 4.76. The molecule has 0 bridgehead atoms. The van der Waals surface area contributed by atoms with Gasteiger partial charge in [0, 0.05) is 8.95 Å². The van der Waals surface area contributed by atoms with Crippen LogP contribution in [0.15, 0.2) is 45.3 Å². The molecule has 4 heteroatoms. The van der Waals surface area contributed by atoms with Crippen molar-refractivity contribution in [3.63, 3.8) is 0 Å². The molecular weight excluding hydrogens is 385 g/mol. The Kier molecular flexibility index (Phi) is 5.22. The number of nitrogens with one attached hydrogen (secondary N) is 1. The number of anilines is 1. The first-order valence-corrected chi connectivity index (χ1v) is 8.07. The second-order valence-corrected chi connectivity index (χ2v) is 6.47. The van der Waals surface area contributed by atoms with Crippen molar-refractivity contribution in [2.24, 2.45) is 0 Å². The molecule has 0 aliphatic rings. The molecule has 0 heterocycles. The van der Waals surface area contributed by atoms with Gasteiger partial charge in [0.1, 0.15) is 5.82 Å². The molecule has 1 unspecified atom stereocenters. The Balaban J connectivity index is 2.29. The van der Waals surface area contributed by atoms with Crippen LogP contribution in [0, 0.1) is 12.7 Å². The highest BCUT2D eigenvalue weighted by Gasteiger charge is 2.13. The molecular formula is C16H16Br2FN. The standard InChI is InChI=1S/C16H16Br2FN/c1-3-15(11-4-6-12(19)7-5-11)20-16-13(17)8-10(2)9-14(16)18/h4-9,15,20H,3H2,1-2H3. The summed E-state index contributed by atoms with van der Waals surface area (Å²) < 4.78 is 15.1. The van der Waals surface area contributed by atoms with E-state index in [1.807, 2.05) is 12.1 Å². The number of hydrogen-bond donors (Lipinski definition) is 1. The molecule has 0 fully saturated rings. The fourth-order valence-corrected chi connectivity index (χ4v) is 3.77. The van der Waals surface area contributed by atoms with Gasteiger partial charge in [0.2, 0.25) is 0 Å². The molecule has 1 N–H and O–H groups in total. The Morgan fingerprint density at radius 2 is 1.65 bits per heavy atom. The third-order valence-electron chi connectivity index (χ3n) is 3.19. The van der Waals surface area contributed by atoms with Crippen LogP contribution < -0.4 is 5.32 Å². The van der Waals surface area contributed by atoms with Crippen molar-refractivity contribution in [3.8, 4) is 0 Å². The SMILES string of the molecule is CCC(Nc1c(Br)cc(C)cc1Br)c1ccc(F)cc1. The molecule has 2 aromatic carbocycles. The fourth-order valence-electron chi connectivity index (χ4n) is 2.13. The molecule has 0 saturated carbocycles. The summed E-state index contributed by atoms with van der Waals surface area (Å²) in [4.78, 5) is 0. The Morgan fingerprint density at radius 1 is 1.10 bits per heavy atom. The molecule has 0 aliphatic carbocycles. The first-order chi connectivity index (χ1) is 9.51. The number of hydrogen-bond acceptors (Lipinski definition) is 1. The van der Waals surface area contributed by atoms with Crippen molar-refractivity contribution in [1.29, 1.82) is 0 Å². The first kappa shape index (κ1) is 15.5. The van der Waals surface area contributed by atoms with Gasteiger partial charge in [0.15, 0.2) is 0 Å². The summed E-state index contributed by atoms with van der Waals surface area (Å²) >= 11 is 7.17. The largest absolute Gasteiger partial charge is 0.376 e. The molecule has 0 aliphatic heterocycles. The van der Waals surface area contributed by atoms with Crippen LogP contribution in [0.4, 0.5) is 10.1 Å². The molecule has 0 spiro atoms. The summed E-state index contributed by atoms with van der Waals surface area (Å²) in [5, 5.41) is 3.51. The zero-order chi connectivity index (χ0) is 14.7. The van der Waals surface area contributed by atoms with Crippen molar-refractivity contribution in [2.45, 2.75) is 26.3 Å². The Hall–Kier alpha value is -0.870. The molecule has 0 saturated heterocycles. The minimum Gasteiger partial charge on any atom is -0.376 e. The lowest BCUT2D eigenvalue weighted by Gasteiger charge is -2.21. The van der Waals surface area contributed by atoms with Crippen molar-refractivity contribution < 1.29 is 4.39 Å². The lowest BCUT2D eigenvalue weighted by molar-refractivity contribution is 0.625. The van der Waals surface area contributed by atoms with E-state index in [1.54, 1.807) is 0 Å². The van der Waals surface area contributed by atoms with Crippen LogP contribution in [0.5, 0.6) is 0 Å². The van der Waals surface area contributed by atoms with E-state index in [1.165, 1.54) is 17.7 Å². The van der Waals surface area contributed by atoms with Gasteiger partial charge in [0.05, 0.1) is 11.7 Å². The van der Waals surface area contributed by atoms with Gasteiger partial charge in [-0.2, -0.15) is 0 Å². The molecule has 1 nitrogen and oxygen atoms in total. The van der Waals surface area contributed by atoms with Crippen LogP contribution >= 0.6 is 31.9 Å². The van der Waals surface area contributed by atoms with Crippen LogP contribution in [-0.4, -0.2) is 0 Å². The van der Waals surface area contributed by atoms with E-state index in [2.05, 4.69) is 63.2 Å². The molecule has 0 amide bonds. The van der Waals surface area contributed by atoms with E-state index < -0.39 is 0 Å². The second kappa shape index (κ2) is 6.72. The third kappa shape index (κ3) is 3.61. The van der Waals surface area contributed by atoms with E-state index in [4.69, 9.17) is 0 Å². The maximum atomic E-state index is 13.0. The quantitative estimate of drug-likeness (QED) is 0.641. The average molecular weight is 401 g/mol. The van der Waals surface area contributed by atoms with Crippen molar-refractivity contribution >= 4 is 37.5 Å². The summed E-state index contributed by atoms with van der Waals surface area (Å²) in [5.74, 6) is -0.207. The summed E-state index contributed by atoms with van der Waals surface area (Å²) in [6, 6.07) is 10.9. The first-order valence-electron chi connectivity index (χ1n) is 6.49. The maximum absolute atomic E-state index is 13.0. The van der Waals surface area contributed by atoms with Gasteiger partial charge in [0.25, 0.3) is 0 Å². The normalized spacial score (nSPS) is 12.2. The van der Waals surface area contributed by atoms with E-state index in [9.17, 15) is 4.39 Å². The third-order valence-corrected chi connectivity index (χ3v) is 4.44. The molecule has 1 atom stereocenters. The summed E-state index contributed by atoms with van der Waals surface area (Å²) in [6.07, 6.45) is 0.915. The predicted octanol–water partition coefficient (Wildman–Crippen LogP) is 6.22. The van der Waals surface area contributed by atoms with E-state index >= 15 is 0 Å². The Morgan fingerprint density at radius 3 is 2.15 bits per heavy atom. The molecule has 20 heavy (non-hydrogen) atoms. The number of aryl methyl sites for hydroxylation is 1. The summed E-state index contributed by atoms with van der Waals surface area (Å²) in [5.41, 5.74) is 3.28. The zero-order valence-corrected chi connectivity index (χ0v) is 14.6. The predicted molar refractivity (Wildman–Crippen MR) is 89.6 cm³/mol. The topological polar surface area (TPSA) is 12.0 Å². The van der Waals surface area contributed by atoms with Crippen LogP contribution in [0.2, 0.25) is 0 Å². The highest BCUT2D eigenvalue weighted by atomic mass is 79.9. The molecule has 0 radical (unpaired) electrons. The summed E-state index contributed by atoms with van der Waals surface area (Å²) in [6.45, 7) is 4.16. The Labute approximate surface area is 135 Å². The van der Waals surface area contributed by atoms with Gasteiger partial charge in [-0.05, 0) is 80.6 Å². The highest BCUT2D eigenvalue weighted by Crippen LogP contribution is 2.35. The Bertz CT molecular complexity index is 573. The van der Waals surface area contributed by atoms with Gasteiger partial charge in [-0.15, -0.1) is 0 Å². The van der Waals surface area contributed by atoms with E-state index in [-0.39, 0.29) is 11.9 Å². The average Bonchev–Trinajstić information content (AvgIpc) is 2.39. The van der Waals surface area contributed by atoms with Gasteiger partial charge < -0.3 is 5.32 Å². The monoisotopic (exact) mass is 399 g/mol. The molecule has 106 valence electrons. The zero-order valence-electron chi connectivity index (χ0n) is 11.4. The maximum Gasteiger partial charge on any atom is 0.123 e. The lowest BCUT2D eigenvalue weighted by atomic mass is 10.0. The number of rotatable bonds is 4. The molecule has 2 rings (SSSR count). The molecule has 0 aromatic heterocycles. The molecule has 2 aromatic rings. The summed E-state index contributed by atoms with van der Waals surface area (Å²) in [7, 11) is 0. The van der Waals surface area contributed by atoms with Crippen LogP contribution in [0.1, 0.15) is 30.5 Å². The number of halogens is 3. The van der Waals surface area contributed by atoms with Crippen LogP contribution in [0.3, 0.4) is 0 Å². The van der Waals surface area contributed by atoms with Crippen LogP contribution in [-0.2, 0) is 0 Å². The number of benzene rings is 2. The van der Waals surface area contributed by atoms with Crippen molar-refractivity contribution in [1.82, 2.24) is 0 Å². The van der Waals surface area contributed by atoms with Crippen molar-refractivity contribution in [2.75, 3.05) is 5.32 Å². The van der Waals surface area contributed by atoms with Gasteiger partial charge in [-0.1, -0.05) is 19.1 Å². The van der Waals surface area contributed by atoms with E-state index in [0.29, 0.717) is 0 Å². The highest BCUT2D eigenvalue weighted by molar-refractivity contribution is 9.11. The van der Waals surface area contributed by atoms with Crippen LogP contribution in [0.25, 0.3) is 0 Å².